The molecule has 0 spiro atoms. The summed E-state index contributed by atoms with van der Waals surface area (Å²) in [5, 5.41) is 6.53. The van der Waals surface area contributed by atoms with Gasteiger partial charge in [0.15, 0.2) is 5.82 Å². The Bertz CT molecular complexity index is 543. The molecule has 0 aromatic carbocycles. The minimum absolute atomic E-state index is 0.00322. The van der Waals surface area contributed by atoms with Crippen molar-refractivity contribution in [1.29, 1.82) is 0 Å². The fourth-order valence-electron chi connectivity index (χ4n) is 3.00. The summed E-state index contributed by atoms with van der Waals surface area (Å²) in [5.74, 6) is 1.15. The molecule has 1 aromatic heterocycles. The number of likely N-dealkylation sites (tertiary alicyclic amines) is 1. The third kappa shape index (κ3) is 3.30. The number of nitrogens with zero attached hydrogens (tertiary/aromatic N) is 2. The van der Waals surface area contributed by atoms with Crippen molar-refractivity contribution in [2.24, 2.45) is 11.8 Å². The van der Waals surface area contributed by atoms with Crippen LogP contribution >= 0.6 is 0 Å². The van der Waals surface area contributed by atoms with Gasteiger partial charge < -0.3 is 19.5 Å². The number of aryl methyl sites for hydroxylation is 1. The number of carbonyl (C=O) groups excluding carboxylic acids is 2. The largest absolute Gasteiger partial charge is 0.381 e. The Kier molecular flexibility index (Phi) is 4.42. The van der Waals surface area contributed by atoms with Gasteiger partial charge in [0, 0.05) is 31.7 Å². The van der Waals surface area contributed by atoms with Gasteiger partial charge in [-0.1, -0.05) is 5.16 Å². The zero-order valence-electron chi connectivity index (χ0n) is 12.7. The number of anilines is 1. The maximum atomic E-state index is 12.3. The van der Waals surface area contributed by atoms with Crippen LogP contribution in [0, 0.1) is 18.8 Å². The Labute approximate surface area is 129 Å². The number of hydrogen-bond donors (Lipinski definition) is 1. The molecular formula is C15H21N3O4. The zero-order chi connectivity index (χ0) is 15.5. The first-order valence-electron chi connectivity index (χ1n) is 7.74. The number of hydrogen-bond acceptors (Lipinski definition) is 5. The summed E-state index contributed by atoms with van der Waals surface area (Å²) in [5.41, 5.74) is 0. The summed E-state index contributed by atoms with van der Waals surface area (Å²) in [7, 11) is 0. The van der Waals surface area contributed by atoms with Crippen molar-refractivity contribution in [2.75, 3.05) is 31.6 Å². The molecule has 7 nitrogen and oxygen atoms in total. The minimum Gasteiger partial charge on any atom is -0.381 e. The van der Waals surface area contributed by atoms with Crippen LogP contribution in [0.2, 0.25) is 0 Å². The number of nitrogens with one attached hydrogen (secondary N) is 1. The highest BCUT2D eigenvalue weighted by atomic mass is 16.5. The Hall–Kier alpha value is -1.89. The van der Waals surface area contributed by atoms with Crippen LogP contribution in [0.15, 0.2) is 10.6 Å². The van der Waals surface area contributed by atoms with Crippen molar-refractivity contribution in [3.63, 3.8) is 0 Å². The van der Waals surface area contributed by atoms with E-state index in [0.717, 1.165) is 6.42 Å². The lowest BCUT2D eigenvalue weighted by Gasteiger charge is -2.32. The molecular weight excluding hydrogens is 286 g/mol. The molecule has 2 aliphatic heterocycles. The number of ether oxygens (including phenoxy) is 1. The van der Waals surface area contributed by atoms with E-state index in [-0.39, 0.29) is 23.7 Å². The highest BCUT2D eigenvalue weighted by molar-refractivity contribution is 5.91. The van der Waals surface area contributed by atoms with Crippen LogP contribution in [0.3, 0.4) is 0 Å². The average molecular weight is 307 g/mol. The summed E-state index contributed by atoms with van der Waals surface area (Å²) in [6.45, 7) is 4.24. The van der Waals surface area contributed by atoms with Crippen LogP contribution in [0.4, 0.5) is 5.82 Å². The molecule has 3 heterocycles. The molecule has 1 N–H and O–H groups in total. The van der Waals surface area contributed by atoms with E-state index in [1.54, 1.807) is 13.0 Å². The van der Waals surface area contributed by atoms with E-state index in [2.05, 4.69) is 10.5 Å². The van der Waals surface area contributed by atoms with Crippen LogP contribution in [-0.4, -0.2) is 48.2 Å². The number of carbonyl (C=O) groups is 2. The van der Waals surface area contributed by atoms with Crippen molar-refractivity contribution in [2.45, 2.75) is 26.2 Å². The maximum absolute atomic E-state index is 12.3. The molecule has 1 aromatic rings. The molecule has 7 heteroatoms. The van der Waals surface area contributed by atoms with Gasteiger partial charge >= 0.3 is 0 Å². The molecule has 0 aliphatic carbocycles. The molecule has 0 bridgehead atoms. The van der Waals surface area contributed by atoms with Gasteiger partial charge in [-0.05, 0) is 26.2 Å². The van der Waals surface area contributed by atoms with Crippen molar-refractivity contribution in [1.82, 2.24) is 10.1 Å². The van der Waals surface area contributed by atoms with Crippen molar-refractivity contribution >= 4 is 17.6 Å². The first kappa shape index (κ1) is 15.0. The number of piperidine rings is 1. The fourth-order valence-corrected chi connectivity index (χ4v) is 3.00. The lowest BCUT2D eigenvalue weighted by Crippen LogP contribution is -2.44. The molecule has 1 unspecified atom stereocenters. The van der Waals surface area contributed by atoms with Crippen molar-refractivity contribution < 1.29 is 18.8 Å². The second-order valence-corrected chi connectivity index (χ2v) is 5.97. The standard InChI is InChI=1S/C15H21N3O4/c1-10-8-13(17-22-10)16-14(19)11-2-5-18(6-3-11)15(20)12-4-7-21-9-12/h8,11-12H,2-7,9H2,1H3,(H,16,17,19). The second-order valence-electron chi connectivity index (χ2n) is 5.97. The van der Waals surface area contributed by atoms with E-state index in [0.29, 0.717) is 50.7 Å². The normalized spacial score (nSPS) is 22.8. The molecule has 2 amide bonds. The van der Waals surface area contributed by atoms with Gasteiger partial charge in [-0.15, -0.1) is 0 Å². The number of rotatable bonds is 3. The highest BCUT2D eigenvalue weighted by Gasteiger charge is 2.32. The fraction of sp³-hybridized carbons (Fsp3) is 0.667. The van der Waals surface area contributed by atoms with E-state index >= 15 is 0 Å². The van der Waals surface area contributed by atoms with E-state index in [4.69, 9.17) is 9.26 Å². The third-order valence-electron chi connectivity index (χ3n) is 4.34. The molecule has 120 valence electrons. The van der Waals surface area contributed by atoms with Gasteiger partial charge in [0.2, 0.25) is 11.8 Å². The summed E-state index contributed by atoms with van der Waals surface area (Å²) in [6, 6.07) is 1.69. The van der Waals surface area contributed by atoms with Gasteiger partial charge in [0.25, 0.3) is 0 Å². The Morgan fingerprint density at radius 3 is 2.64 bits per heavy atom. The van der Waals surface area contributed by atoms with Crippen molar-refractivity contribution in [3.8, 4) is 0 Å². The van der Waals surface area contributed by atoms with Crippen LogP contribution < -0.4 is 5.32 Å². The topological polar surface area (TPSA) is 84.7 Å². The van der Waals surface area contributed by atoms with Crippen LogP contribution in [0.25, 0.3) is 0 Å². The smallest absolute Gasteiger partial charge is 0.228 e. The maximum Gasteiger partial charge on any atom is 0.228 e. The lowest BCUT2D eigenvalue weighted by molar-refractivity contribution is -0.138. The molecule has 3 rings (SSSR count). The van der Waals surface area contributed by atoms with E-state index < -0.39 is 0 Å². The molecule has 2 saturated heterocycles. The summed E-state index contributed by atoms with van der Waals surface area (Å²) in [4.78, 5) is 26.4. The molecule has 1 atom stereocenters. The van der Waals surface area contributed by atoms with Crippen LogP contribution in [0.1, 0.15) is 25.0 Å². The molecule has 0 saturated carbocycles. The first-order valence-corrected chi connectivity index (χ1v) is 7.74. The van der Waals surface area contributed by atoms with E-state index in [1.165, 1.54) is 0 Å². The van der Waals surface area contributed by atoms with Gasteiger partial charge in [0.05, 0.1) is 12.5 Å². The third-order valence-corrected chi connectivity index (χ3v) is 4.34. The Balaban J connectivity index is 1.48. The summed E-state index contributed by atoms with van der Waals surface area (Å²) < 4.78 is 10.2. The number of aromatic nitrogens is 1. The highest BCUT2D eigenvalue weighted by Crippen LogP contribution is 2.23. The summed E-state index contributed by atoms with van der Waals surface area (Å²) >= 11 is 0. The number of amides is 2. The Morgan fingerprint density at radius 1 is 1.27 bits per heavy atom. The van der Waals surface area contributed by atoms with Crippen molar-refractivity contribution in [3.05, 3.63) is 11.8 Å². The first-order chi connectivity index (χ1) is 10.6. The predicted molar refractivity (Wildman–Crippen MR) is 78.1 cm³/mol. The van der Waals surface area contributed by atoms with Gasteiger partial charge in [-0.2, -0.15) is 0 Å². The predicted octanol–water partition coefficient (Wildman–Crippen LogP) is 1.20. The van der Waals surface area contributed by atoms with Gasteiger partial charge in [-0.25, -0.2) is 0 Å². The summed E-state index contributed by atoms with van der Waals surface area (Å²) in [6.07, 6.45) is 2.18. The average Bonchev–Trinajstić information content (AvgIpc) is 3.18. The quantitative estimate of drug-likeness (QED) is 0.907. The SMILES string of the molecule is Cc1cc(NC(=O)C2CCN(C(=O)C3CCOC3)CC2)no1. The monoisotopic (exact) mass is 307 g/mol. The van der Waals surface area contributed by atoms with Crippen LogP contribution in [-0.2, 0) is 14.3 Å². The lowest BCUT2D eigenvalue weighted by atomic mass is 9.94. The van der Waals surface area contributed by atoms with E-state index in [1.807, 2.05) is 4.90 Å². The second kappa shape index (κ2) is 6.48. The minimum atomic E-state index is -0.0825. The van der Waals surface area contributed by atoms with Gasteiger partial charge in [0.1, 0.15) is 5.76 Å². The molecule has 2 aliphatic rings. The van der Waals surface area contributed by atoms with E-state index in [9.17, 15) is 9.59 Å². The molecule has 22 heavy (non-hydrogen) atoms. The van der Waals surface area contributed by atoms with Crippen LogP contribution in [0.5, 0.6) is 0 Å². The molecule has 2 fully saturated rings. The molecule has 0 radical (unpaired) electrons. The zero-order valence-corrected chi connectivity index (χ0v) is 12.7. The Morgan fingerprint density at radius 2 is 2.05 bits per heavy atom. The van der Waals surface area contributed by atoms with Gasteiger partial charge in [-0.3, -0.25) is 9.59 Å².